The normalized spacial score (nSPS) is 10.9. The van der Waals surface area contributed by atoms with Crippen LogP contribution in [0.4, 0.5) is 5.69 Å². The maximum absolute atomic E-state index is 12.0. The maximum Gasteiger partial charge on any atom is 0.240 e. The number of nitrogens with zero attached hydrogens (tertiary/aromatic N) is 1. The van der Waals surface area contributed by atoms with Gasteiger partial charge in [0.2, 0.25) is 11.8 Å². The first-order chi connectivity index (χ1) is 14.3. The number of hydrogen-bond donors (Lipinski definition) is 2. The number of carbonyl (C=O) groups is 2. The van der Waals surface area contributed by atoms with E-state index in [0.29, 0.717) is 17.4 Å². The van der Waals surface area contributed by atoms with Crippen LogP contribution in [-0.4, -0.2) is 32.2 Å². The van der Waals surface area contributed by atoms with E-state index in [1.807, 2.05) is 19.1 Å². The summed E-state index contributed by atoms with van der Waals surface area (Å²) in [6.07, 6.45) is 1.71. The first-order valence-corrected chi connectivity index (χ1v) is 9.78. The fourth-order valence-corrected chi connectivity index (χ4v) is 2.84. The zero-order chi connectivity index (χ0) is 22.1. The molecule has 2 rings (SSSR count). The third-order valence-corrected chi connectivity index (χ3v) is 4.59. The van der Waals surface area contributed by atoms with E-state index < -0.39 is 0 Å². The van der Waals surface area contributed by atoms with Crippen molar-refractivity contribution in [3.05, 3.63) is 53.1 Å². The van der Waals surface area contributed by atoms with Gasteiger partial charge in [-0.05, 0) is 65.9 Å². The summed E-state index contributed by atoms with van der Waals surface area (Å²) in [5.41, 5.74) is 6.09. The van der Waals surface area contributed by atoms with Gasteiger partial charge in [0.05, 0.1) is 20.4 Å². The number of nitrogens with one attached hydrogen (secondary N) is 2. The summed E-state index contributed by atoms with van der Waals surface area (Å²) in [5, 5.41) is 6.77. The number of anilines is 1. The zero-order valence-electron chi connectivity index (χ0n) is 18.1. The van der Waals surface area contributed by atoms with Gasteiger partial charge in [-0.25, -0.2) is 5.43 Å². The van der Waals surface area contributed by atoms with Crippen molar-refractivity contribution in [2.45, 2.75) is 39.5 Å². The zero-order valence-corrected chi connectivity index (χ0v) is 18.1. The summed E-state index contributed by atoms with van der Waals surface area (Å²) in [6.45, 7) is 6.14. The van der Waals surface area contributed by atoms with Crippen LogP contribution in [0.1, 0.15) is 49.3 Å². The first-order valence-electron chi connectivity index (χ1n) is 9.78. The Kier molecular flexibility index (Phi) is 8.41. The third-order valence-electron chi connectivity index (χ3n) is 4.59. The highest BCUT2D eigenvalue weighted by Crippen LogP contribution is 2.29. The average Bonchev–Trinajstić information content (AvgIpc) is 2.73. The molecule has 2 N–H and O–H groups in total. The van der Waals surface area contributed by atoms with Crippen molar-refractivity contribution in [3.8, 4) is 11.5 Å². The van der Waals surface area contributed by atoms with Crippen LogP contribution in [0.25, 0.3) is 0 Å². The van der Waals surface area contributed by atoms with Crippen LogP contribution in [0.2, 0.25) is 0 Å². The number of hydrogen-bond acceptors (Lipinski definition) is 5. The van der Waals surface area contributed by atoms with Crippen molar-refractivity contribution in [3.63, 3.8) is 0 Å². The Morgan fingerprint density at radius 1 is 1.03 bits per heavy atom. The summed E-state index contributed by atoms with van der Waals surface area (Å²) in [4.78, 5) is 24.0. The van der Waals surface area contributed by atoms with Crippen LogP contribution < -0.4 is 20.2 Å². The highest BCUT2D eigenvalue weighted by atomic mass is 16.5. The molecule has 0 unspecified atom stereocenters. The minimum Gasteiger partial charge on any atom is -0.497 e. The average molecular weight is 412 g/mol. The molecule has 30 heavy (non-hydrogen) atoms. The minimum atomic E-state index is -0.327. The molecule has 160 valence electrons. The summed E-state index contributed by atoms with van der Waals surface area (Å²) in [5.74, 6) is 1.27. The largest absolute Gasteiger partial charge is 0.497 e. The van der Waals surface area contributed by atoms with Gasteiger partial charge in [-0.1, -0.05) is 13.8 Å². The molecule has 0 atom stereocenters. The fraction of sp³-hybridized carbons (Fsp3) is 0.348. The monoisotopic (exact) mass is 411 g/mol. The quantitative estimate of drug-likeness (QED) is 0.482. The van der Waals surface area contributed by atoms with E-state index in [1.54, 1.807) is 44.7 Å². The predicted octanol–water partition coefficient (Wildman–Crippen LogP) is 4.00. The molecule has 0 aromatic heterocycles. The van der Waals surface area contributed by atoms with Crippen LogP contribution in [0.5, 0.6) is 11.5 Å². The third kappa shape index (κ3) is 6.62. The van der Waals surface area contributed by atoms with Crippen molar-refractivity contribution in [1.29, 1.82) is 0 Å². The van der Waals surface area contributed by atoms with Gasteiger partial charge in [0.25, 0.3) is 0 Å². The fourth-order valence-electron chi connectivity index (χ4n) is 2.84. The lowest BCUT2D eigenvalue weighted by molar-refractivity contribution is -0.124. The van der Waals surface area contributed by atoms with Gasteiger partial charge in [-0.2, -0.15) is 5.10 Å². The number of carbonyl (C=O) groups excluding carboxylic acids is 2. The first kappa shape index (κ1) is 22.9. The van der Waals surface area contributed by atoms with Gasteiger partial charge in [0, 0.05) is 18.5 Å². The predicted molar refractivity (Wildman–Crippen MR) is 118 cm³/mol. The van der Waals surface area contributed by atoms with E-state index in [2.05, 4.69) is 29.7 Å². The Morgan fingerprint density at radius 2 is 1.70 bits per heavy atom. The summed E-state index contributed by atoms with van der Waals surface area (Å²) < 4.78 is 10.5. The van der Waals surface area contributed by atoms with Crippen LogP contribution in [0.3, 0.4) is 0 Å². The lowest BCUT2D eigenvalue weighted by Crippen LogP contribution is -2.20. The molecule has 0 aliphatic rings. The Bertz CT molecular complexity index is 905. The lowest BCUT2D eigenvalue weighted by Gasteiger charge is -2.14. The molecule has 0 aliphatic heterocycles. The SMILES string of the molecule is COc1ccc(NC(=O)CCC(=O)NN=Cc2cc(C(C)C)c(OC)cc2C)cc1. The lowest BCUT2D eigenvalue weighted by atomic mass is 9.97. The van der Waals surface area contributed by atoms with Gasteiger partial charge in [-0.3, -0.25) is 9.59 Å². The van der Waals surface area contributed by atoms with Crippen molar-refractivity contribution < 1.29 is 19.1 Å². The van der Waals surface area contributed by atoms with E-state index in [0.717, 1.165) is 22.4 Å². The van der Waals surface area contributed by atoms with Gasteiger partial charge in [0.1, 0.15) is 11.5 Å². The van der Waals surface area contributed by atoms with E-state index >= 15 is 0 Å². The topological polar surface area (TPSA) is 89.0 Å². The second-order valence-electron chi connectivity index (χ2n) is 7.18. The van der Waals surface area contributed by atoms with Crippen molar-refractivity contribution in [2.24, 2.45) is 5.10 Å². The summed E-state index contributed by atoms with van der Waals surface area (Å²) >= 11 is 0. The highest BCUT2D eigenvalue weighted by molar-refractivity contribution is 5.93. The molecule has 0 spiro atoms. The van der Waals surface area contributed by atoms with Crippen molar-refractivity contribution in [2.75, 3.05) is 19.5 Å². The maximum atomic E-state index is 12.0. The van der Waals surface area contributed by atoms with Gasteiger partial charge in [-0.15, -0.1) is 0 Å². The van der Waals surface area contributed by atoms with Gasteiger partial charge >= 0.3 is 0 Å². The van der Waals surface area contributed by atoms with Crippen molar-refractivity contribution in [1.82, 2.24) is 5.43 Å². The van der Waals surface area contributed by atoms with Crippen LogP contribution in [0.15, 0.2) is 41.5 Å². The van der Waals surface area contributed by atoms with Crippen LogP contribution in [0, 0.1) is 6.92 Å². The van der Waals surface area contributed by atoms with E-state index in [1.165, 1.54) is 0 Å². The molecule has 2 amide bonds. The molecule has 0 aliphatic carbocycles. The Labute approximate surface area is 177 Å². The minimum absolute atomic E-state index is 0.0398. The van der Waals surface area contributed by atoms with Crippen molar-refractivity contribution >= 4 is 23.7 Å². The Morgan fingerprint density at radius 3 is 2.30 bits per heavy atom. The van der Waals surface area contributed by atoms with Gasteiger partial charge < -0.3 is 14.8 Å². The molecule has 0 saturated carbocycles. The molecule has 0 heterocycles. The number of hydrazone groups is 1. The number of amides is 2. The van der Waals surface area contributed by atoms with Crippen LogP contribution in [-0.2, 0) is 9.59 Å². The molecule has 0 radical (unpaired) electrons. The molecule has 2 aromatic carbocycles. The molecule has 0 fully saturated rings. The van der Waals surface area contributed by atoms with Gasteiger partial charge in [0.15, 0.2) is 0 Å². The second-order valence-corrected chi connectivity index (χ2v) is 7.18. The Hall–Kier alpha value is -3.35. The molecule has 2 aromatic rings. The molecule has 0 saturated heterocycles. The van der Waals surface area contributed by atoms with E-state index in [9.17, 15) is 9.59 Å². The smallest absolute Gasteiger partial charge is 0.240 e. The molecular formula is C23H29N3O4. The molecular weight excluding hydrogens is 382 g/mol. The van der Waals surface area contributed by atoms with Crippen LogP contribution >= 0.6 is 0 Å². The number of ether oxygens (including phenoxy) is 2. The number of rotatable bonds is 9. The number of aryl methyl sites for hydroxylation is 1. The second kappa shape index (κ2) is 11.0. The summed E-state index contributed by atoms with van der Waals surface area (Å²) in [7, 11) is 3.23. The number of benzene rings is 2. The standard InChI is InChI=1S/C23H29N3O4/c1-15(2)20-13-17(16(3)12-21(20)30-5)14-24-26-23(28)11-10-22(27)25-18-6-8-19(29-4)9-7-18/h6-9,12-15H,10-11H2,1-5H3,(H,25,27)(H,26,28). The molecule has 7 heteroatoms. The molecule has 0 bridgehead atoms. The van der Waals surface area contributed by atoms with E-state index in [-0.39, 0.29) is 24.7 Å². The molecule has 7 nitrogen and oxygen atoms in total. The Balaban J connectivity index is 1.86. The highest BCUT2D eigenvalue weighted by Gasteiger charge is 2.11. The van der Waals surface area contributed by atoms with E-state index in [4.69, 9.17) is 9.47 Å². The number of methoxy groups -OCH3 is 2. The summed E-state index contributed by atoms with van der Waals surface area (Å²) in [6, 6.07) is 11.0.